The number of sulfone groups is 1. The summed E-state index contributed by atoms with van der Waals surface area (Å²) in [4.78, 5) is 17.0. The molecule has 1 aliphatic carbocycles. The van der Waals surface area contributed by atoms with E-state index in [0.29, 0.717) is 12.2 Å². The van der Waals surface area contributed by atoms with Crippen molar-refractivity contribution in [1.82, 2.24) is 25.1 Å². The van der Waals surface area contributed by atoms with Gasteiger partial charge in [-0.25, -0.2) is 8.42 Å². The van der Waals surface area contributed by atoms with E-state index in [0.717, 1.165) is 30.6 Å². The SMILES string of the molecule is O=C(Cn1nnc(-c2cccs2)n1)N(C1CCCC1)C1CCS(=O)(=O)C1. The van der Waals surface area contributed by atoms with Gasteiger partial charge in [0.15, 0.2) is 9.84 Å². The summed E-state index contributed by atoms with van der Waals surface area (Å²) >= 11 is 1.51. The highest BCUT2D eigenvalue weighted by molar-refractivity contribution is 7.91. The maximum Gasteiger partial charge on any atom is 0.246 e. The molecule has 8 nitrogen and oxygen atoms in total. The molecule has 0 bridgehead atoms. The van der Waals surface area contributed by atoms with Crippen molar-refractivity contribution in [2.45, 2.75) is 50.7 Å². The molecule has 2 aliphatic rings. The predicted octanol–water partition coefficient (Wildman–Crippen LogP) is 1.36. The first-order valence-electron chi connectivity index (χ1n) is 8.85. The van der Waals surface area contributed by atoms with Crippen LogP contribution >= 0.6 is 11.3 Å². The summed E-state index contributed by atoms with van der Waals surface area (Å²) in [7, 11) is -3.04. The topological polar surface area (TPSA) is 98.1 Å². The molecule has 2 aromatic rings. The third-order valence-electron chi connectivity index (χ3n) is 5.08. The van der Waals surface area contributed by atoms with E-state index in [2.05, 4.69) is 15.4 Å². The highest BCUT2D eigenvalue weighted by Gasteiger charge is 2.39. The van der Waals surface area contributed by atoms with Gasteiger partial charge in [0, 0.05) is 12.1 Å². The van der Waals surface area contributed by atoms with Gasteiger partial charge in [0.1, 0.15) is 6.54 Å². The van der Waals surface area contributed by atoms with E-state index < -0.39 is 9.84 Å². The van der Waals surface area contributed by atoms with E-state index in [-0.39, 0.29) is 36.0 Å². The molecule has 1 unspecified atom stereocenters. The summed E-state index contributed by atoms with van der Waals surface area (Å²) in [6, 6.07) is 3.72. The maximum atomic E-state index is 13.0. The first kappa shape index (κ1) is 17.6. The second-order valence-corrected chi connectivity index (χ2v) is 10.1. The van der Waals surface area contributed by atoms with E-state index in [1.54, 1.807) is 0 Å². The summed E-state index contributed by atoms with van der Waals surface area (Å²) in [5.41, 5.74) is 0. The third kappa shape index (κ3) is 3.66. The van der Waals surface area contributed by atoms with Crippen molar-refractivity contribution in [3.63, 3.8) is 0 Å². The van der Waals surface area contributed by atoms with Gasteiger partial charge in [-0.15, -0.1) is 21.5 Å². The fraction of sp³-hybridized carbons (Fsp3) is 0.625. The average molecular weight is 396 g/mol. The molecule has 4 rings (SSSR count). The van der Waals surface area contributed by atoms with Crippen LogP contribution in [0.15, 0.2) is 17.5 Å². The standard InChI is InChI=1S/C16H21N5O3S2/c22-15(10-20-18-16(17-19-20)14-6-3-8-25-14)21(12-4-1-2-5-12)13-7-9-26(23,24)11-13/h3,6,8,12-13H,1-2,4-5,7,9-11H2. The fourth-order valence-corrected chi connectivity index (χ4v) is 6.26. The largest absolute Gasteiger partial charge is 0.334 e. The summed E-state index contributed by atoms with van der Waals surface area (Å²) in [6.45, 7) is -0.00851. The van der Waals surface area contributed by atoms with Crippen LogP contribution in [0.1, 0.15) is 32.1 Å². The van der Waals surface area contributed by atoms with Crippen molar-refractivity contribution in [3.8, 4) is 10.7 Å². The lowest BCUT2D eigenvalue weighted by Crippen LogP contribution is -2.48. The van der Waals surface area contributed by atoms with Gasteiger partial charge >= 0.3 is 0 Å². The molecule has 0 aromatic carbocycles. The molecule has 10 heteroatoms. The Bertz CT molecular complexity index is 872. The van der Waals surface area contributed by atoms with Gasteiger partial charge < -0.3 is 4.90 Å². The Hall–Kier alpha value is -1.81. The zero-order valence-corrected chi connectivity index (χ0v) is 16.0. The lowest BCUT2D eigenvalue weighted by atomic mass is 10.1. The number of tetrazole rings is 1. The van der Waals surface area contributed by atoms with Crippen LogP contribution < -0.4 is 0 Å². The minimum Gasteiger partial charge on any atom is -0.334 e. The third-order valence-corrected chi connectivity index (χ3v) is 7.70. The molecular formula is C16H21N5O3S2. The van der Waals surface area contributed by atoms with Gasteiger partial charge in [-0.05, 0) is 35.9 Å². The summed E-state index contributed by atoms with van der Waals surface area (Å²) < 4.78 is 23.8. The Morgan fingerprint density at radius 2 is 2.08 bits per heavy atom. The van der Waals surface area contributed by atoms with Crippen LogP contribution in [0.5, 0.6) is 0 Å². The molecule has 2 aromatic heterocycles. The number of hydrogen-bond donors (Lipinski definition) is 0. The van der Waals surface area contributed by atoms with E-state index in [9.17, 15) is 13.2 Å². The number of carbonyl (C=O) groups excluding carboxylic acids is 1. The Kier molecular flexibility index (Phi) is 4.78. The van der Waals surface area contributed by atoms with Gasteiger partial charge in [-0.3, -0.25) is 4.79 Å². The highest BCUT2D eigenvalue weighted by Crippen LogP contribution is 2.29. The van der Waals surface area contributed by atoms with Crippen molar-refractivity contribution in [2.75, 3.05) is 11.5 Å². The molecule has 2 fully saturated rings. The summed E-state index contributed by atoms with van der Waals surface area (Å²) in [6.07, 6.45) is 4.56. The molecule has 0 spiro atoms. The Labute approximate surface area is 156 Å². The van der Waals surface area contributed by atoms with Crippen molar-refractivity contribution in [3.05, 3.63) is 17.5 Å². The van der Waals surface area contributed by atoms with Crippen molar-refractivity contribution < 1.29 is 13.2 Å². The van der Waals surface area contributed by atoms with Crippen LogP contribution in [-0.4, -0.2) is 63.0 Å². The number of hydrogen-bond acceptors (Lipinski definition) is 7. The molecule has 1 saturated heterocycles. The van der Waals surface area contributed by atoms with E-state index in [1.807, 2.05) is 22.4 Å². The van der Waals surface area contributed by atoms with Crippen LogP contribution in [-0.2, 0) is 21.2 Å². The van der Waals surface area contributed by atoms with Gasteiger partial charge in [0.05, 0.1) is 16.4 Å². The number of rotatable bonds is 5. The van der Waals surface area contributed by atoms with Crippen LogP contribution in [0.25, 0.3) is 10.7 Å². The Morgan fingerprint density at radius 1 is 1.27 bits per heavy atom. The zero-order valence-electron chi connectivity index (χ0n) is 14.3. The van der Waals surface area contributed by atoms with Crippen molar-refractivity contribution >= 4 is 27.1 Å². The molecule has 140 valence electrons. The van der Waals surface area contributed by atoms with Gasteiger partial charge in [0.2, 0.25) is 11.7 Å². The first-order chi connectivity index (χ1) is 12.5. The summed E-state index contributed by atoms with van der Waals surface area (Å²) in [5, 5.41) is 14.2. The van der Waals surface area contributed by atoms with Gasteiger partial charge in [-0.2, -0.15) is 4.80 Å². The Morgan fingerprint density at radius 3 is 2.73 bits per heavy atom. The molecule has 1 amide bonds. The Balaban J connectivity index is 1.51. The normalized spacial score (nSPS) is 22.7. The van der Waals surface area contributed by atoms with Crippen molar-refractivity contribution in [1.29, 1.82) is 0 Å². The van der Waals surface area contributed by atoms with Crippen LogP contribution in [0, 0.1) is 0 Å². The van der Waals surface area contributed by atoms with Crippen molar-refractivity contribution in [2.24, 2.45) is 0 Å². The smallest absolute Gasteiger partial charge is 0.246 e. The van der Waals surface area contributed by atoms with E-state index >= 15 is 0 Å². The molecule has 1 aliphatic heterocycles. The predicted molar refractivity (Wildman–Crippen MR) is 97.3 cm³/mol. The zero-order chi connectivity index (χ0) is 18.1. The molecule has 0 N–H and O–H groups in total. The average Bonchev–Trinajstić information content (AvgIpc) is 3.34. The maximum absolute atomic E-state index is 13.0. The number of nitrogens with zero attached hydrogens (tertiary/aromatic N) is 5. The number of amides is 1. The minimum absolute atomic E-state index is 0.00851. The van der Waals surface area contributed by atoms with E-state index in [4.69, 9.17) is 0 Å². The molecule has 26 heavy (non-hydrogen) atoms. The molecule has 1 atom stereocenters. The van der Waals surface area contributed by atoms with Crippen LogP contribution in [0.4, 0.5) is 0 Å². The molecule has 3 heterocycles. The quantitative estimate of drug-likeness (QED) is 0.758. The van der Waals surface area contributed by atoms with Gasteiger partial charge in [0.25, 0.3) is 0 Å². The molecular weight excluding hydrogens is 374 g/mol. The lowest BCUT2D eigenvalue weighted by Gasteiger charge is -2.33. The van der Waals surface area contributed by atoms with Crippen LogP contribution in [0.3, 0.4) is 0 Å². The van der Waals surface area contributed by atoms with Crippen LogP contribution in [0.2, 0.25) is 0 Å². The number of carbonyl (C=O) groups is 1. The highest BCUT2D eigenvalue weighted by atomic mass is 32.2. The first-order valence-corrected chi connectivity index (χ1v) is 11.6. The van der Waals surface area contributed by atoms with E-state index in [1.165, 1.54) is 16.1 Å². The fourth-order valence-electron chi connectivity index (χ4n) is 3.90. The lowest BCUT2D eigenvalue weighted by molar-refractivity contribution is -0.136. The summed E-state index contributed by atoms with van der Waals surface area (Å²) in [5.74, 6) is 0.622. The number of thiophene rings is 1. The van der Waals surface area contributed by atoms with Gasteiger partial charge in [-0.1, -0.05) is 18.9 Å². The molecule has 1 saturated carbocycles. The monoisotopic (exact) mass is 395 g/mol. The number of aromatic nitrogens is 4. The molecule has 0 radical (unpaired) electrons. The minimum atomic E-state index is -3.04. The second kappa shape index (κ2) is 7.07. The second-order valence-electron chi connectivity index (χ2n) is 6.92.